The van der Waals surface area contributed by atoms with Crippen LogP contribution in [0.1, 0.15) is 37.9 Å². The third kappa shape index (κ3) is 6.14. The second-order valence-electron chi connectivity index (χ2n) is 8.86. The predicted octanol–water partition coefficient (Wildman–Crippen LogP) is 3.12. The molecule has 0 unspecified atom stereocenters. The monoisotopic (exact) mass is 616 g/mol. The first kappa shape index (κ1) is 30.7. The van der Waals surface area contributed by atoms with Gasteiger partial charge in [0.15, 0.2) is 34.4 Å². The molecule has 2 aromatic carbocycles. The van der Waals surface area contributed by atoms with Gasteiger partial charge in [-0.15, -0.1) is 0 Å². The first-order valence-corrected chi connectivity index (χ1v) is 14.0. The average Bonchev–Trinajstić information content (AvgIpc) is 3.27. The summed E-state index contributed by atoms with van der Waals surface area (Å²) >= 11 is 7.29. The molecule has 0 aliphatic carbocycles. The van der Waals surface area contributed by atoms with Crippen LogP contribution in [0.15, 0.2) is 51.4 Å². The Labute approximate surface area is 249 Å². The summed E-state index contributed by atoms with van der Waals surface area (Å²) < 4.78 is 28.3. The molecular formula is C29H29ClN2O9S. The zero-order valence-corrected chi connectivity index (χ0v) is 25.1. The molecule has 13 heteroatoms. The Hall–Kier alpha value is -4.29. The Morgan fingerprint density at radius 2 is 1.86 bits per heavy atom. The molecule has 42 heavy (non-hydrogen) atoms. The van der Waals surface area contributed by atoms with Crippen molar-refractivity contribution in [1.29, 1.82) is 0 Å². The van der Waals surface area contributed by atoms with E-state index in [1.54, 1.807) is 51.1 Å². The van der Waals surface area contributed by atoms with Crippen molar-refractivity contribution < 1.29 is 38.4 Å². The van der Waals surface area contributed by atoms with Gasteiger partial charge in [0.05, 0.1) is 54.3 Å². The molecule has 2 heterocycles. The van der Waals surface area contributed by atoms with Crippen LogP contribution in [-0.2, 0) is 19.1 Å². The number of ether oxygens (including phenoxy) is 5. The summed E-state index contributed by atoms with van der Waals surface area (Å²) in [5.41, 5.74) is 1.22. The Kier molecular flexibility index (Phi) is 9.59. The number of esters is 2. The SMILES string of the molecule is CCOC(=O)C1=C(C)N=c2s/c(=C\c3cc(Cl)c(O)c(OC)c3)c(=O)n2[C@@H]1c1ccc(OCC(=O)OC)c(OCC)c1. The van der Waals surface area contributed by atoms with Gasteiger partial charge in [0.2, 0.25) is 0 Å². The summed E-state index contributed by atoms with van der Waals surface area (Å²) in [7, 11) is 2.65. The molecule has 0 bridgehead atoms. The number of carbonyl (C=O) groups excluding carboxylic acids is 2. The molecule has 0 saturated carbocycles. The number of hydrogen-bond donors (Lipinski definition) is 1. The number of methoxy groups -OCH3 is 2. The second-order valence-corrected chi connectivity index (χ2v) is 10.3. The van der Waals surface area contributed by atoms with Gasteiger partial charge in [-0.25, -0.2) is 14.6 Å². The maximum atomic E-state index is 13.9. The Bertz CT molecular complexity index is 1740. The Balaban J connectivity index is 1.91. The Morgan fingerprint density at radius 3 is 2.52 bits per heavy atom. The van der Waals surface area contributed by atoms with Gasteiger partial charge in [-0.2, -0.15) is 0 Å². The molecule has 0 saturated heterocycles. The number of fused-ring (bicyclic) bond motifs is 1. The fraction of sp³-hybridized carbons (Fsp3) is 0.310. The van der Waals surface area contributed by atoms with Gasteiger partial charge >= 0.3 is 11.9 Å². The van der Waals surface area contributed by atoms with Crippen molar-refractivity contribution in [3.05, 3.63) is 77.4 Å². The molecule has 0 spiro atoms. The molecule has 3 aromatic rings. The van der Waals surface area contributed by atoms with Gasteiger partial charge < -0.3 is 28.8 Å². The smallest absolute Gasteiger partial charge is 0.343 e. The van der Waals surface area contributed by atoms with E-state index >= 15 is 0 Å². The van der Waals surface area contributed by atoms with Gasteiger partial charge in [-0.1, -0.05) is 29.0 Å². The number of nitrogens with zero attached hydrogens (tertiary/aromatic N) is 2. The summed E-state index contributed by atoms with van der Waals surface area (Å²) in [6.07, 6.45) is 1.60. The van der Waals surface area contributed by atoms with Crippen LogP contribution in [0.3, 0.4) is 0 Å². The highest BCUT2D eigenvalue weighted by atomic mass is 35.5. The van der Waals surface area contributed by atoms with E-state index in [4.69, 9.17) is 30.5 Å². The Morgan fingerprint density at radius 1 is 1.10 bits per heavy atom. The molecule has 1 aliphatic heterocycles. The average molecular weight is 617 g/mol. The van der Waals surface area contributed by atoms with Crippen molar-refractivity contribution in [2.75, 3.05) is 34.0 Å². The predicted molar refractivity (Wildman–Crippen MR) is 155 cm³/mol. The van der Waals surface area contributed by atoms with E-state index in [1.165, 1.54) is 24.9 Å². The molecule has 1 N–H and O–H groups in total. The lowest BCUT2D eigenvalue weighted by molar-refractivity contribution is -0.143. The van der Waals surface area contributed by atoms with Crippen LogP contribution >= 0.6 is 22.9 Å². The van der Waals surface area contributed by atoms with E-state index in [1.807, 2.05) is 0 Å². The molecule has 11 nitrogen and oxygen atoms in total. The number of benzene rings is 2. The molecular weight excluding hydrogens is 588 g/mol. The van der Waals surface area contributed by atoms with Crippen LogP contribution in [-0.4, -0.2) is 55.7 Å². The number of carbonyl (C=O) groups is 2. The van der Waals surface area contributed by atoms with E-state index in [2.05, 4.69) is 9.73 Å². The number of halogens is 1. The van der Waals surface area contributed by atoms with Crippen LogP contribution in [0.2, 0.25) is 5.02 Å². The highest BCUT2D eigenvalue weighted by Gasteiger charge is 2.34. The largest absolute Gasteiger partial charge is 0.503 e. The first-order chi connectivity index (χ1) is 20.1. The van der Waals surface area contributed by atoms with Gasteiger partial charge in [-0.05, 0) is 62.2 Å². The number of aromatic hydroxyl groups is 1. The van der Waals surface area contributed by atoms with Gasteiger partial charge in [0, 0.05) is 0 Å². The summed E-state index contributed by atoms with van der Waals surface area (Å²) in [6.45, 7) is 5.25. The third-order valence-electron chi connectivity index (χ3n) is 6.24. The van der Waals surface area contributed by atoms with Gasteiger partial charge in [0.25, 0.3) is 5.56 Å². The normalized spacial score (nSPS) is 14.6. The lowest BCUT2D eigenvalue weighted by Crippen LogP contribution is -2.40. The van der Waals surface area contributed by atoms with E-state index in [-0.39, 0.29) is 41.1 Å². The van der Waals surface area contributed by atoms with Crippen LogP contribution in [0.5, 0.6) is 23.0 Å². The number of phenolic OH excluding ortho intramolecular Hbond substituents is 1. The number of aromatic nitrogens is 1. The molecule has 1 aromatic heterocycles. The topological polar surface area (TPSA) is 135 Å². The lowest BCUT2D eigenvalue weighted by atomic mass is 9.95. The minimum Gasteiger partial charge on any atom is -0.503 e. The van der Waals surface area contributed by atoms with Crippen molar-refractivity contribution in [3.63, 3.8) is 0 Å². The second kappa shape index (κ2) is 13.1. The van der Waals surface area contributed by atoms with Crippen LogP contribution in [0.4, 0.5) is 0 Å². The highest BCUT2D eigenvalue weighted by Crippen LogP contribution is 2.37. The zero-order valence-electron chi connectivity index (χ0n) is 23.6. The minimum absolute atomic E-state index is 0.0599. The van der Waals surface area contributed by atoms with Crippen molar-refractivity contribution in [2.45, 2.75) is 26.8 Å². The van der Waals surface area contributed by atoms with Crippen LogP contribution < -0.4 is 29.1 Å². The first-order valence-electron chi connectivity index (χ1n) is 12.9. The van der Waals surface area contributed by atoms with Crippen LogP contribution in [0, 0.1) is 0 Å². The molecule has 0 amide bonds. The van der Waals surface area contributed by atoms with Crippen molar-refractivity contribution in [3.8, 4) is 23.0 Å². The maximum absolute atomic E-state index is 13.9. The van der Waals surface area contributed by atoms with Crippen molar-refractivity contribution in [1.82, 2.24) is 4.57 Å². The molecule has 0 radical (unpaired) electrons. The molecule has 4 rings (SSSR count). The maximum Gasteiger partial charge on any atom is 0.343 e. The molecule has 0 fully saturated rings. The highest BCUT2D eigenvalue weighted by molar-refractivity contribution is 7.07. The third-order valence-corrected chi connectivity index (χ3v) is 7.51. The zero-order chi connectivity index (χ0) is 30.6. The molecule has 222 valence electrons. The number of hydrogen-bond acceptors (Lipinski definition) is 11. The van der Waals surface area contributed by atoms with E-state index in [0.29, 0.717) is 38.5 Å². The number of rotatable bonds is 10. The van der Waals surface area contributed by atoms with Gasteiger partial charge in [-0.3, -0.25) is 9.36 Å². The van der Waals surface area contributed by atoms with Crippen molar-refractivity contribution >= 4 is 41.0 Å². The summed E-state index contributed by atoms with van der Waals surface area (Å²) in [5, 5.41) is 10.2. The lowest BCUT2D eigenvalue weighted by Gasteiger charge is -2.25. The summed E-state index contributed by atoms with van der Waals surface area (Å²) in [5.74, 6) is -0.643. The van der Waals surface area contributed by atoms with E-state index in [9.17, 15) is 19.5 Å². The van der Waals surface area contributed by atoms with E-state index < -0.39 is 23.5 Å². The number of phenols is 1. The number of thiazole rings is 1. The fourth-order valence-corrected chi connectivity index (χ4v) is 5.63. The standard InChI is InChI=1S/C29H29ClN2O9S/c1-6-39-20-13-17(8-9-19(20)41-14-23(33)38-5)25-24(28(36)40-7-2)15(3)31-29-32(25)27(35)22(42-29)12-16-10-18(30)26(34)21(11-16)37-4/h8-13,25,34H,6-7,14H2,1-5H3/b22-12-/t25-/m1/s1. The summed E-state index contributed by atoms with van der Waals surface area (Å²) in [4.78, 5) is 43.7. The quantitative estimate of drug-likeness (QED) is 0.341. The van der Waals surface area contributed by atoms with E-state index in [0.717, 1.165) is 11.3 Å². The molecule has 1 atom stereocenters. The molecule has 1 aliphatic rings. The fourth-order valence-electron chi connectivity index (χ4n) is 4.37. The minimum atomic E-state index is -0.908. The van der Waals surface area contributed by atoms with Crippen molar-refractivity contribution in [2.24, 2.45) is 4.99 Å². The van der Waals surface area contributed by atoms with Crippen LogP contribution in [0.25, 0.3) is 6.08 Å². The summed E-state index contributed by atoms with van der Waals surface area (Å²) in [6, 6.07) is 7.08. The number of allylic oxidation sites excluding steroid dienone is 1. The van der Waals surface area contributed by atoms with Gasteiger partial charge in [0.1, 0.15) is 0 Å².